The van der Waals surface area contributed by atoms with E-state index in [2.05, 4.69) is 10.0 Å². The lowest BCUT2D eigenvalue weighted by molar-refractivity contribution is -0.125. The number of rotatable bonds is 5. The highest BCUT2D eigenvalue weighted by Crippen LogP contribution is 2.33. The summed E-state index contributed by atoms with van der Waals surface area (Å²) >= 11 is 0. The molecule has 0 bridgehead atoms. The highest BCUT2D eigenvalue weighted by Gasteiger charge is 2.31. The van der Waals surface area contributed by atoms with Gasteiger partial charge in [0.05, 0.1) is 17.2 Å². The number of hydrogen-bond acceptors (Lipinski definition) is 5. The van der Waals surface area contributed by atoms with E-state index in [1.54, 1.807) is 0 Å². The van der Waals surface area contributed by atoms with E-state index in [9.17, 15) is 13.2 Å². The van der Waals surface area contributed by atoms with E-state index in [1.807, 2.05) is 13.8 Å². The second-order valence-corrected chi connectivity index (χ2v) is 6.82. The molecule has 7 nitrogen and oxygen atoms in total. The molecule has 2 rings (SSSR count). The number of hydrogen-bond donors (Lipinski definition) is 3. The van der Waals surface area contributed by atoms with Crippen molar-refractivity contribution in [2.45, 2.75) is 24.8 Å². The Morgan fingerprint density at radius 1 is 1.43 bits per heavy atom. The summed E-state index contributed by atoms with van der Waals surface area (Å²) in [5, 5.41) is 11.3. The Hall–Kier alpha value is -1.64. The normalized spacial score (nSPS) is 18.1. The average molecular weight is 314 g/mol. The molecule has 0 fully saturated rings. The highest BCUT2D eigenvalue weighted by molar-refractivity contribution is 7.89. The van der Waals surface area contributed by atoms with Crippen LogP contribution in [0.5, 0.6) is 5.75 Å². The minimum atomic E-state index is -3.72. The molecule has 21 heavy (non-hydrogen) atoms. The lowest BCUT2D eigenvalue weighted by atomic mass is 10.0. The highest BCUT2D eigenvalue weighted by atomic mass is 32.2. The van der Waals surface area contributed by atoms with E-state index in [1.165, 1.54) is 18.2 Å². The van der Waals surface area contributed by atoms with Gasteiger partial charge in [0.1, 0.15) is 5.75 Å². The summed E-state index contributed by atoms with van der Waals surface area (Å²) in [7, 11) is -3.72. The summed E-state index contributed by atoms with van der Waals surface area (Å²) in [5.74, 6) is 0.151. The second kappa shape index (κ2) is 6.00. The van der Waals surface area contributed by atoms with Gasteiger partial charge in [0, 0.05) is 6.54 Å². The topological polar surface area (TPSA) is 105 Å². The number of fused-ring (bicyclic) bond motifs is 1. The van der Waals surface area contributed by atoms with Crippen molar-refractivity contribution in [2.24, 2.45) is 5.92 Å². The molecule has 3 N–H and O–H groups in total. The number of aliphatic hydroxyl groups is 1. The fourth-order valence-electron chi connectivity index (χ4n) is 1.97. The van der Waals surface area contributed by atoms with Crippen LogP contribution in [-0.2, 0) is 14.8 Å². The Kier molecular flexibility index (Phi) is 4.50. The lowest BCUT2D eigenvalue weighted by Crippen LogP contribution is -2.40. The van der Waals surface area contributed by atoms with Gasteiger partial charge in [-0.3, -0.25) is 4.79 Å². The molecular weight excluding hydrogens is 296 g/mol. The van der Waals surface area contributed by atoms with Crippen LogP contribution in [0.4, 0.5) is 5.69 Å². The Morgan fingerprint density at radius 3 is 2.76 bits per heavy atom. The average Bonchev–Trinajstić information content (AvgIpc) is 2.43. The van der Waals surface area contributed by atoms with Crippen LogP contribution in [0.1, 0.15) is 13.8 Å². The van der Waals surface area contributed by atoms with Gasteiger partial charge in [-0.25, -0.2) is 13.1 Å². The fourth-order valence-corrected chi connectivity index (χ4v) is 3.02. The Bertz CT molecular complexity index is 642. The molecule has 0 aliphatic carbocycles. The molecule has 1 aliphatic heterocycles. The Balaban J connectivity index is 2.29. The van der Waals surface area contributed by atoms with Crippen molar-refractivity contribution in [3.63, 3.8) is 0 Å². The second-order valence-electron chi connectivity index (χ2n) is 5.05. The molecule has 0 aromatic heterocycles. The number of amides is 1. The fraction of sp³-hybridized carbons (Fsp3) is 0.462. The van der Waals surface area contributed by atoms with Gasteiger partial charge in [0.15, 0.2) is 6.10 Å². The van der Waals surface area contributed by atoms with E-state index >= 15 is 0 Å². The van der Waals surface area contributed by atoms with Crippen LogP contribution in [0.25, 0.3) is 0 Å². The van der Waals surface area contributed by atoms with Crippen LogP contribution in [0.15, 0.2) is 23.1 Å². The zero-order valence-corrected chi connectivity index (χ0v) is 12.6. The van der Waals surface area contributed by atoms with Crippen molar-refractivity contribution < 1.29 is 23.1 Å². The van der Waals surface area contributed by atoms with Crippen molar-refractivity contribution in [2.75, 3.05) is 18.5 Å². The molecule has 0 saturated carbocycles. The molecule has 0 saturated heterocycles. The number of aliphatic hydroxyl groups excluding tert-OH is 1. The summed E-state index contributed by atoms with van der Waals surface area (Å²) in [6.07, 6.45) is -0.590. The number of sulfonamides is 1. The third-order valence-electron chi connectivity index (χ3n) is 3.04. The number of ether oxygens (including phenoxy) is 1. The van der Waals surface area contributed by atoms with Crippen molar-refractivity contribution >= 4 is 21.6 Å². The molecule has 1 aliphatic rings. The van der Waals surface area contributed by atoms with E-state index < -0.39 is 16.1 Å². The molecule has 1 atom stereocenters. The standard InChI is InChI=1S/C13H18N2O5S/c1-8(2)12-13(17)15-10-7-9(3-4-11(10)20-12)21(18,19)14-5-6-16/h3-4,7-8,12,14,16H,5-6H2,1-2H3,(H,15,17). The summed E-state index contributed by atoms with van der Waals surface area (Å²) in [6, 6.07) is 4.24. The number of benzene rings is 1. The summed E-state index contributed by atoms with van der Waals surface area (Å²) in [5.41, 5.74) is 0.323. The molecule has 1 aromatic carbocycles. The van der Waals surface area contributed by atoms with Gasteiger partial charge in [-0.1, -0.05) is 13.8 Å². The van der Waals surface area contributed by atoms with Gasteiger partial charge in [-0.05, 0) is 24.1 Å². The molecule has 1 heterocycles. The predicted molar refractivity (Wildman–Crippen MR) is 76.6 cm³/mol. The molecule has 1 amide bonds. The van der Waals surface area contributed by atoms with Crippen molar-refractivity contribution in [3.05, 3.63) is 18.2 Å². The van der Waals surface area contributed by atoms with Gasteiger partial charge in [-0.2, -0.15) is 0 Å². The third-order valence-corrected chi connectivity index (χ3v) is 4.50. The molecule has 1 aromatic rings. The van der Waals surface area contributed by atoms with Crippen molar-refractivity contribution in [3.8, 4) is 5.75 Å². The SMILES string of the molecule is CC(C)C1Oc2ccc(S(=O)(=O)NCCO)cc2NC1=O. The van der Waals surface area contributed by atoms with E-state index in [0.29, 0.717) is 11.4 Å². The van der Waals surface area contributed by atoms with Crippen molar-refractivity contribution in [1.29, 1.82) is 0 Å². The monoisotopic (exact) mass is 314 g/mol. The first-order chi connectivity index (χ1) is 9.85. The Labute approximate surface area is 123 Å². The zero-order valence-electron chi connectivity index (χ0n) is 11.8. The van der Waals surface area contributed by atoms with E-state index in [0.717, 1.165) is 0 Å². The van der Waals surface area contributed by atoms with Gasteiger partial charge < -0.3 is 15.2 Å². The summed E-state index contributed by atoms with van der Waals surface area (Å²) in [4.78, 5) is 11.9. The molecular formula is C13H18N2O5S. The number of nitrogens with one attached hydrogen (secondary N) is 2. The molecule has 0 radical (unpaired) electrons. The summed E-state index contributed by atoms with van der Waals surface area (Å²) in [6.45, 7) is 3.37. The van der Waals surface area contributed by atoms with Crippen LogP contribution in [-0.4, -0.2) is 38.7 Å². The maximum Gasteiger partial charge on any atom is 0.265 e. The quantitative estimate of drug-likeness (QED) is 0.725. The largest absolute Gasteiger partial charge is 0.478 e. The van der Waals surface area contributed by atoms with E-state index in [-0.39, 0.29) is 29.9 Å². The first kappa shape index (κ1) is 15.7. The first-order valence-corrected chi connectivity index (χ1v) is 8.05. The van der Waals surface area contributed by atoms with Gasteiger partial charge in [0.25, 0.3) is 5.91 Å². The smallest absolute Gasteiger partial charge is 0.265 e. The number of carbonyl (C=O) groups excluding carboxylic acids is 1. The number of carbonyl (C=O) groups is 1. The van der Waals surface area contributed by atoms with Crippen LogP contribution < -0.4 is 14.8 Å². The maximum atomic E-state index is 12.0. The molecule has 1 unspecified atom stereocenters. The van der Waals surface area contributed by atoms with Crippen molar-refractivity contribution in [1.82, 2.24) is 4.72 Å². The van der Waals surface area contributed by atoms with Crippen LogP contribution in [0.3, 0.4) is 0 Å². The zero-order chi connectivity index (χ0) is 15.6. The minimum absolute atomic E-state index is 0.00148. The van der Waals surface area contributed by atoms with Gasteiger partial charge in [0.2, 0.25) is 10.0 Å². The van der Waals surface area contributed by atoms with Crippen LogP contribution >= 0.6 is 0 Å². The first-order valence-electron chi connectivity index (χ1n) is 6.57. The van der Waals surface area contributed by atoms with Gasteiger partial charge >= 0.3 is 0 Å². The van der Waals surface area contributed by atoms with E-state index in [4.69, 9.17) is 9.84 Å². The van der Waals surface area contributed by atoms with Crippen LogP contribution in [0.2, 0.25) is 0 Å². The molecule has 0 spiro atoms. The Morgan fingerprint density at radius 2 is 2.14 bits per heavy atom. The lowest BCUT2D eigenvalue weighted by Gasteiger charge is -2.28. The van der Waals surface area contributed by atoms with Crippen LogP contribution in [0, 0.1) is 5.92 Å². The summed E-state index contributed by atoms with van der Waals surface area (Å²) < 4.78 is 31.7. The minimum Gasteiger partial charge on any atom is -0.478 e. The third kappa shape index (κ3) is 3.34. The molecule has 116 valence electrons. The van der Waals surface area contributed by atoms with Gasteiger partial charge in [-0.15, -0.1) is 0 Å². The maximum absolute atomic E-state index is 12.0. The number of anilines is 1. The predicted octanol–water partition coefficient (Wildman–Crippen LogP) is 0.313. The molecule has 8 heteroatoms.